The number of para-hydroxylation sites is 1. The van der Waals surface area contributed by atoms with E-state index in [2.05, 4.69) is 6.92 Å². The van der Waals surface area contributed by atoms with Crippen LogP contribution in [-0.4, -0.2) is 17.6 Å². The Labute approximate surface area is 89.5 Å². The number of hydrogen-bond donors (Lipinski definition) is 1. The van der Waals surface area contributed by atoms with E-state index in [1.807, 2.05) is 18.2 Å². The molecule has 1 rings (SSSR count). The minimum absolute atomic E-state index is 0.563. The van der Waals surface area contributed by atoms with E-state index >= 15 is 0 Å². The van der Waals surface area contributed by atoms with E-state index in [1.165, 1.54) is 0 Å². The molecule has 1 radical (unpaired) electrons. The second-order valence-corrected chi connectivity index (χ2v) is 3.32. The van der Waals surface area contributed by atoms with Crippen molar-refractivity contribution in [3.63, 3.8) is 0 Å². The molecule has 0 bridgehead atoms. The minimum Gasteiger partial charge on any atom is -0.493 e. The Hall–Kier alpha value is -0.730. The molecular formula is C11H14ClO2. The van der Waals surface area contributed by atoms with Gasteiger partial charge >= 0.3 is 0 Å². The van der Waals surface area contributed by atoms with Gasteiger partial charge in [0.15, 0.2) is 0 Å². The molecule has 0 aliphatic rings. The molecule has 0 spiro atoms. The van der Waals surface area contributed by atoms with Crippen LogP contribution >= 0.6 is 11.6 Å². The number of aliphatic hydroxyl groups is 1. The summed E-state index contributed by atoms with van der Waals surface area (Å²) in [5, 5.41) is 9.34. The molecule has 1 N–H and O–H groups in total. The van der Waals surface area contributed by atoms with E-state index < -0.39 is 6.10 Å². The van der Waals surface area contributed by atoms with Crippen LogP contribution in [0.15, 0.2) is 24.3 Å². The van der Waals surface area contributed by atoms with Gasteiger partial charge in [-0.05, 0) is 19.4 Å². The van der Waals surface area contributed by atoms with Crippen LogP contribution in [0.25, 0.3) is 0 Å². The summed E-state index contributed by atoms with van der Waals surface area (Å²) in [5.41, 5.74) is 0.710. The van der Waals surface area contributed by atoms with Crippen molar-refractivity contribution in [1.82, 2.24) is 0 Å². The van der Waals surface area contributed by atoms with Gasteiger partial charge < -0.3 is 9.84 Å². The fraction of sp³-hybridized carbons (Fsp3) is 0.364. The standard InChI is InChI=1S/C11H14ClO2/c1-9(13)10-5-2-3-6-11(10)14-8-4-7-12/h2-3,5-6,9,13H,1,4,7-8H2. The lowest BCUT2D eigenvalue weighted by atomic mass is 10.1. The zero-order valence-corrected chi connectivity index (χ0v) is 8.70. The molecule has 1 aromatic carbocycles. The molecule has 14 heavy (non-hydrogen) atoms. The highest BCUT2D eigenvalue weighted by molar-refractivity contribution is 6.17. The molecule has 77 valence electrons. The van der Waals surface area contributed by atoms with Gasteiger partial charge in [0.05, 0.1) is 12.7 Å². The largest absolute Gasteiger partial charge is 0.493 e. The predicted molar refractivity (Wildman–Crippen MR) is 57.6 cm³/mol. The van der Waals surface area contributed by atoms with Crippen molar-refractivity contribution < 1.29 is 9.84 Å². The average molecular weight is 214 g/mol. The van der Waals surface area contributed by atoms with Crippen molar-refractivity contribution >= 4 is 11.6 Å². The van der Waals surface area contributed by atoms with Crippen LogP contribution in [0.5, 0.6) is 5.75 Å². The third kappa shape index (κ3) is 3.20. The van der Waals surface area contributed by atoms with Gasteiger partial charge in [-0.25, -0.2) is 0 Å². The smallest absolute Gasteiger partial charge is 0.125 e. The number of rotatable bonds is 5. The lowest BCUT2D eigenvalue weighted by Crippen LogP contribution is -2.02. The molecule has 0 aromatic heterocycles. The molecule has 3 heteroatoms. The van der Waals surface area contributed by atoms with Crippen molar-refractivity contribution in [2.24, 2.45) is 0 Å². The van der Waals surface area contributed by atoms with Crippen molar-refractivity contribution in [2.75, 3.05) is 12.5 Å². The summed E-state index contributed by atoms with van der Waals surface area (Å²) in [6, 6.07) is 7.33. The number of benzene rings is 1. The Morgan fingerprint density at radius 1 is 1.43 bits per heavy atom. The van der Waals surface area contributed by atoms with Crippen molar-refractivity contribution in [3.8, 4) is 5.75 Å². The summed E-state index contributed by atoms with van der Waals surface area (Å²) in [5.74, 6) is 1.26. The molecule has 1 aromatic rings. The van der Waals surface area contributed by atoms with Crippen LogP contribution in [-0.2, 0) is 0 Å². The summed E-state index contributed by atoms with van der Waals surface area (Å²) in [6.45, 7) is 4.11. The maximum absolute atomic E-state index is 9.34. The minimum atomic E-state index is -0.748. The first-order valence-corrected chi connectivity index (χ1v) is 5.08. The van der Waals surface area contributed by atoms with Crippen molar-refractivity contribution in [3.05, 3.63) is 36.8 Å². The molecule has 2 nitrogen and oxygen atoms in total. The summed E-state index contributed by atoms with van der Waals surface area (Å²) in [6.07, 6.45) is 0.0468. The maximum Gasteiger partial charge on any atom is 0.125 e. The molecule has 0 aliphatic carbocycles. The third-order valence-corrected chi connectivity index (χ3v) is 2.08. The van der Waals surface area contributed by atoms with Crippen LogP contribution in [0.2, 0.25) is 0 Å². The molecule has 1 unspecified atom stereocenters. The lowest BCUT2D eigenvalue weighted by molar-refractivity contribution is 0.216. The topological polar surface area (TPSA) is 29.5 Å². The van der Waals surface area contributed by atoms with E-state index in [4.69, 9.17) is 16.3 Å². The zero-order chi connectivity index (χ0) is 10.4. The Morgan fingerprint density at radius 2 is 2.14 bits per heavy atom. The Kier molecular flexibility index (Phi) is 4.77. The zero-order valence-electron chi connectivity index (χ0n) is 7.95. The van der Waals surface area contributed by atoms with Gasteiger partial charge in [0.2, 0.25) is 0 Å². The molecule has 0 fully saturated rings. The van der Waals surface area contributed by atoms with Crippen molar-refractivity contribution in [1.29, 1.82) is 0 Å². The number of ether oxygens (including phenoxy) is 1. The van der Waals surface area contributed by atoms with Gasteiger partial charge in [-0.1, -0.05) is 18.2 Å². The molecule has 1 atom stereocenters. The monoisotopic (exact) mass is 213 g/mol. The molecule has 0 amide bonds. The third-order valence-electron chi connectivity index (χ3n) is 1.81. The molecule has 0 saturated carbocycles. The van der Waals surface area contributed by atoms with Gasteiger partial charge in [0.25, 0.3) is 0 Å². The van der Waals surface area contributed by atoms with Crippen LogP contribution in [0, 0.1) is 6.92 Å². The summed E-state index contributed by atoms with van der Waals surface area (Å²) in [7, 11) is 0. The highest BCUT2D eigenvalue weighted by atomic mass is 35.5. The Morgan fingerprint density at radius 3 is 2.79 bits per heavy atom. The van der Waals surface area contributed by atoms with Gasteiger partial charge in [0.1, 0.15) is 5.75 Å². The van der Waals surface area contributed by atoms with Gasteiger partial charge in [-0.3, -0.25) is 0 Å². The molecule has 0 saturated heterocycles. The van der Waals surface area contributed by atoms with Crippen LogP contribution in [0.4, 0.5) is 0 Å². The fourth-order valence-electron chi connectivity index (χ4n) is 1.12. The van der Waals surface area contributed by atoms with Gasteiger partial charge in [-0.2, -0.15) is 0 Å². The number of halogens is 1. The highest BCUT2D eigenvalue weighted by Gasteiger charge is 2.07. The fourth-order valence-corrected chi connectivity index (χ4v) is 1.23. The predicted octanol–water partition coefficient (Wildman–Crippen LogP) is 2.56. The Bertz CT molecular complexity index is 274. The summed E-state index contributed by atoms with van der Waals surface area (Å²) < 4.78 is 5.45. The van der Waals surface area contributed by atoms with E-state index in [0.717, 1.165) is 6.42 Å². The van der Waals surface area contributed by atoms with Crippen molar-refractivity contribution in [2.45, 2.75) is 12.5 Å². The van der Waals surface area contributed by atoms with E-state index in [9.17, 15) is 5.11 Å². The van der Waals surface area contributed by atoms with E-state index in [-0.39, 0.29) is 0 Å². The first kappa shape index (κ1) is 11.3. The van der Waals surface area contributed by atoms with Crippen LogP contribution in [0.3, 0.4) is 0 Å². The summed E-state index contributed by atoms with van der Waals surface area (Å²) in [4.78, 5) is 0. The molecule has 0 heterocycles. The molecule has 0 aliphatic heterocycles. The number of alkyl halides is 1. The second-order valence-electron chi connectivity index (χ2n) is 2.94. The second kappa shape index (κ2) is 5.89. The average Bonchev–Trinajstić information content (AvgIpc) is 2.19. The number of aliphatic hydroxyl groups excluding tert-OH is 1. The highest BCUT2D eigenvalue weighted by Crippen LogP contribution is 2.24. The van der Waals surface area contributed by atoms with E-state index in [1.54, 1.807) is 6.07 Å². The first-order valence-electron chi connectivity index (χ1n) is 4.54. The van der Waals surface area contributed by atoms with Gasteiger partial charge in [-0.15, -0.1) is 11.6 Å². The Balaban J connectivity index is 2.64. The van der Waals surface area contributed by atoms with Crippen LogP contribution in [0.1, 0.15) is 18.1 Å². The SMILES string of the molecule is [CH2]C(O)c1ccccc1OCCCCl. The van der Waals surface area contributed by atoms with E-state index in [0.29, 0.717) is 23.8 Å². The van der Waals surface area contributed by atoms with Crippen LogP contribution < -0.4 is 4.74 Å². The normalized spacial score (nSPS) is 12.5. The quantitative estimate of drug-likeness (QED) is 0.602. The van der Waals surface area contributed by atoms with Gasteiger partial charge in [0, 0.05) is 11.4 Å². The lowest BCUT2D eigenvalue weighted by Gasteiger charge is -2.12. The summed E-state index contributed by atoms with van der Waals surface area (Å²) >= 11 is 5.53. The number of hydrogen-bond acceptors (Lipinski definition) is 2. The first-order chi connectivity index (χ1) is 6.75. The maximum atomic E-state index is 9.34. The molecular weight excluding hydrogens is 200 g/mol.